The summed E-state index contributed by atoms with van der Waals surface area (Å²) in [7, 11) is 0. The Morgan fingerprint density at radius 2 is 1.89 bits per heavy atom. The van der Waals surface area contributed by atoms with Crippen LogP contribution in [0.5, 0.6) is 0 Å². The molecule has 0 bridgehead atoms. The lowest BCUT2D eigenvalue weighted by Crippen LogP contribution is -2.36. The molecule has 0 radical (unpaired) electrons. The fraction of sp³-hybridized carbons (Fsp3) is 1.00. The molecule has 0 aromatic rings. The number of nitrogens with one attached hydrogen (secondary N) is 1. The number of hydrogen-bond acceptors (Lipinski definition) is 2. The molecule has 0 aromatic heterocycles. The highest BCUT2D eigenvalue weighted by Crippen LogP contribution is 2.25. The first-order valence-electron chi connectivity index (χ1n) is 8.09. The Bertz CT molecular complexity index is 203. The van der Waals surface area contributed by atoms with Gasteiger partial charge in [0.2, 0.25) is 0 Å². The second-order valence-electron chi connectivity index (χ2n) is 6.36. The lowest BCUT2D eigenvalue weighted by atomic mass is 9.89. The minimum atomic E-state index is 0.750. The van der Waals surface area contributed by atoms with Crippen LogP contribution in [0.3, 0.4) is 0 Å². The maximum atomic E-state index is 3.52. The fourth-order valence-corrected chi connectivity index (χ4v) is 3.05. The van der Waals surface area contributed by atoms with Crippen LogP contribution in [-0.4, -0.2) is 37.1 Å². The van der Waals surface area contributed by atoms with Crippen molar-refractivity contribution in [2.75, 3.05) is 26.2 Å². The number of rotatable bonds is 7. The van der Waals surface area contributed by atoms with Gasteiger partial charge in [-0.2, -0.15) is 0 Å². The SMILES string of the molecule is CCCNCCC(C)N1CCCC(C(C)C)CC1. The highest BCUT2D eigenvalue weighted by atomic mass is 15.1. The van der Waals surface area contributed by atoms with E-state index in [1.54, 1.807) is 0 Å². The average molecular weight is 254 g/mol. The second kappa shape index (κ2) is 8.92. The molecular formula is C16H34N2. The quantitative estimate of drug-likeness (QED) is 0.699. The molecule has 1 rings (SSSR count). The van der Waals surface area contributed by atoms with E-state index in [0.717, 1.165) is 17.9 Å². The van der Waals surface area contributed by atoms with Gasteiger partial charge in [-0.25, -0.2) is 0 Å². The van der Waals surface area contributed by atoms with Crippen LogP contribution in [0, 0.1) is 11.8 Å². The molecule has 1 saturated heterocycles. The molecule has 108 valence electrons. The third kappa shape index (κ3) is 5.71. The van der Waals surface area contributed by atoms with E-state index in [9.17, 15) is 0 Å². The molecule has 2 nitrogen and oxygen atoms in total. The summed E-state index contributed by atoms with van der Waals surface area (Å²) in [6.45, 7) is 14.4. The van der Waals surface area contributed by atoms with E-state index in [1.165, 1.54) is 58.3 Å². The van der Waals surface area contributed by atoms with Crippen LogP contribution in [0.4, 0.5) is 0 Å². The maximum Gasteiger partial charge on any atom is 0.00790 e. The summed E-state index contributed by atoms with van der Waals surface area (Å²) in [5.74, 6) is 1.83. The van der Waals surface area contributed by atoms with Crippen molar-refractivity contribution < 1.29 is 0 Å². The van der Waals surface area contributed by atoms with Gasteiger partial charge in [-0.1, -0.05) is 20.8 Å². The van der Waals surface area contributed by atoms with Gasteiger partial charge in [0.1, 0.15) is 0 Å². The van der Waals surface area contributed by atoms with Crippen LogP contribution in [-0.2, 0) is 0 Å². The summed E-state index contributed by atoms with van der Waals surface area (Å²) in [4.78, 5) is 2.72. The monoisotopic (exact) mass is 254 g/mol. The number of hydrogen-bond donors (Lipinski definition) is 1. The van der Waals surface area contributed by atoms with Gasteiger partial charge in [0.15, 0.2) is 0 Å². The molecule has 2 unspecified atom stereocenters. The van der Waals surface area contributed by atoms with Crippen molar-refractivity contribution >= 4 is 0 Å². The largest absolute Gasteiger partial charge is 0.317 e. The predicted molar refractivity (Wildman–Crippen MR) is 81.0 cm³/mol. The van der Waals surface area contributed by atoms with Gasteiger partial charge >= 0.3 is 0 Å². The van der Waals surface area contributed by atoms with E-state index < -0.39 is 0 Å². The van der Waals surface area contributed by atoms with Crippen LogP contribution < -0.4 is 5.32 Å². The summed E-state index contributed by atoms with van der Waals surface area (Å²) in [5.41, 5.74) is 0. The Morgan fingerprint density at radius 3 is 2.56 bits per heavy atom. The van der Waals surface area contributed by atoms with Crippen molar-refractivity contribution in [3.63, 3.8) is 0 Å². The molecule has 0 saturated carbocycles. The molecule has 1 N–H and O–H groups in total. The first-order chi connectivity index (χ1) is 8.65. The van der Waals surface area contributed by atoms with E-state index in [-0.39, 0.29) is 0 Å². The van der Waals surface area contributed by atoms with Gasteiger partial charge in [0.25, 0.3) is 0 Å². The third-order valence-corrected chi connectivity index (χ3v) is 4.54. The Hall–Kier alpha value is -0.0800. The van der Waals surface area contributed by atoms with Crippen LogP contribution in [0.25, 0.3) is 0 Å². The molecule has 0 spiro atoms. The Morgan fingerprint density at radius 1 is 1.11 bits per heavy atom. The van der Waals surface area contributed by atoms with Crippen LogP contribution in [0.1, 0.15) is 59.8 Å². The summed E-state index contributed by atoms with van der Waals surface area (Å²) in [6.07, 6.45) is 6.79. The lowest BCUT2D eigenvalue weighted by molar-refractivity contribution is 0.201. The Kier molecular flexibility index (Phi) is 7.92. The van der Waals surface area contributed by atoms with Crippen molar-refractivity contribution in [2.45, 2.75) is 65.8 Å². The van der Waals surface area contributed by atoms with Crippen molar-refractivity contribution in [2.24, 2.45) is 11.8 Å². The van der Waals surface area contributed by atoms with Gasteiger partial charge in [0, 0.05) is 6.04 Å². The van der Waals surface area contributed by atoms with Gasteiger partial charge < -0.3 is 10.2 Å². The molecule has 0 amide bonds. The Balaban J connectivity index is 2.24. The molecule has 2 atom stereocenters. The molecule has 1 fully saturated rings. The molecule has 2 heteroatoms. The highest BCUT2D eigenvalue weighted by Gasteiger charge is 2.21. The maximum absolute atomic E-state index is 3.52. The smallest absolute Gasteiger partial charge is 0.00790 e. The van der Waals surface area contributed by atoms with E-state index in [4.69, 9.17) is 0 Å². The summed E-state index contributed by atoms with van der Waals surface area (Å²) in [5, 5.41) is 3.52. The fourth-order valence-electron chi connectivity index (χ4n) is 3.05. The number of nitrogens with zero attached hydrogens (tertiary/aromatic N) is 1. The summed E-state index contributed by atoms with van der Waals surface area (Å²) >= 11 is 0. The van der Waals surface area contributed by atoms with Crippen LogP contribution >= 0.6 is 0 Å². The van der Waals surface area contributed by atoms with Gasteiger partial charge in [0.05, 0.1) is 0 Å². The minimum absolute atomic E-state index is 0.750. The van der Waals surface area contributed by atoms with E-state index in [2.05, 4.69) is 37.9 Å². The van der Waals surface area contributed by atoms with Crippen molar-refractivity contribution in [3.05, 3.63) is 0 Å². The lowest BCUT2D eigenvalue weighted by Gasteiger charge is -2.28. The Labute approximate surface area is 115 Å². The normalized spacial score (nSPS) is 24.2. The van der Waals surface area contributed by atoms with Crippen LogP contribution in [0.2, 0.25) is 0 Å². The van der Waals surface area contributed by atoms with Crippen molar-refractivity contribution in [1.82, 2.24) is 10.2 Å². The zero-order valence-corrected chi connectivity index (χ0v) is 13.0. The topological polar surface area (TPSA) is 15.3 Å². The molecule has 1 heterocycles. The van der Waals surface area contributed by atoms with Crippen molar-refractivity contribution in [1.29, 1.82) is 0 Å². The van der Waals surface area contributed by atoms with Gasteiger partial charge in [-0.3, -0.25) is 0 Å². The second-order valence-corrected chi connectivity index (χ2v) is 6.36. The van der Waals surface area contributed by atoms with E-state index in [1.807, 2.05) is 0 Å². The molecule has 18 heavy (non-hydrogen) atoms. The zero-order valence-electron chi connectivity index (χ0n) is 13.0. The van der Waals surface area contributed by atoms with Gasteiger partial charge in [-0.05, 0) is 77.0 Å². The van der Waals surface area contributed by atoms with Gasteiger partial charge in [-0.15, -0.1) is 0 Å². The first kappa shape index (κ1) is 16.0. The molecular weight excluding hydrogens is 220 g/mol. The van der Waals surface area contributed by atoms with E-state index >= 15 is 0 Å². The highest BCUT2D eigenvalue weighted by molar-refractivity contribution is 4.76. The standard InChI is InChI=1S/C16H34N2/c1-5-10-17-11-8-15(4)18-12-6-7-16(9-13-18)14(2)3/h14-17H,5-13H2,1-4H3. The number of likely N-dealkylation sites (tertiary alicyclic amines) is 1. The summed E-state index contributed by atoms with van der Waals surface area (Å²) < 4.78 is 0. The summed E-state index contributed by atoms with van der Waals surface area (Å²) in [6, 6.07) is 0.750. The molecule has 0 aromatic carbocycles. The third-order valence-electron chi connectivity index (χ3n) is 4.54. The zero-order chi connectivity index (χ0) is 13.4. The predicted octanol–water partition coefficient (Wildman–Crippen LogP) is 3.52. The van der Waals surface area contributed by atoms with Crippen LogP contribution in [0.15, 0.2) is 0 Å². The molecule has 1 aliphatic heterocycles. The minimum Gasteiger partial charge on any atom is -0.317 e. The first-order valence-corrected chi connectivity index (χ1v) is 8.09. The van der Waals surface area contributed by atoms with E-state index in [0.29, 0.717) is 0 Å². The molecule has 0 aliphatic carbocycles. The molecule has 1 aliphatic rings. The van der Waals surface area contributed by atoms with Crippen molar-refractivity contribution in [3.8, 4) is 0 Å². The average Bonchev–Trinajstić information content (AvgIpc) is 2.60.